The third-order valence-electron chi connectivity index (χ3n) is 5.42. The van der Waals surface area contributed by atoms with Gasteiger partial charge in [0, 0.05) is 45.5 Å². The van der Waals surface area contributed by atoms with Crippen LogP contribution >= 0.6 is 12.4 Å². The standard InChI is InChI=1S/C21H26FN7.ClH/c1-15-23-13-19(28(15)3)20-18(22)12-24-21(26-20)25-17-6-4-16(5-7-17)14-29-10-8-27(2)9-11-29;/h4-7,12-13H,8-11,14H2,1-3H3,(H,24,25,26);1H. The summed E-state index contributed by atoms with van der Waals surface area (Å²) >= 11 is 0. The van der Waals surface area contributed by atoms with E-state index in [4.69, 9.17) is 0 Å². The van der Waals surface area contributed by atoms with Crippen molar-refractivity contribution in [1.29, 1.82) is 0 Å². The first-order chi connectivity index (χ1) is 14.0. The normalized spacial score (nSPS) is 15.1. The molecule has 1 aromatic carbocycles. The van der Waals surface area contributed by atoms with Gasteiger partial charge in [-0.3, -0.25) is 4.90 Å². The summed E-state index contributed by atoms with van der Waals surface area (Å²) in [4.78, 5) is 17.5. The molecule has 0 unspecified atom stereocenters. The number of hydrogen-bond donors (Lipinski definition) is 1. The summed E-state index contributed by atoms with van der Waals surface area (Å²) in [6, 6.07) is 8.23. The number of anilines is 2. The number of nitrogens with zero attached hydrogens (tertiary/aromatic N) is 6. The Bertz CT molecular complexity index is 982. The number of benzene rings is 1. The summed E-state index contributed by atoms with van der Waals surface area (Å²) in [5, 5.41) is 3.17. The van der Waals surface area contributed by atoms with Crippen LogP contribution in [0, 0.1) is 12.7 Å². The van der Waals surface area contributed by atoms with Crippen molar-refractivity contribution in [2.75, 3.05) is 38.5 Å². The molecule has 1 fully saturated rings. The van der Waals surface area contributed by atoms with Gasteiger partial charge in [0.05, 0.1) is 18.1 Å². The van der Waals surface area contributed by atoms with Crippen molar-refractivity contribution in [2.45, 2.75) is 13.5 Å². The highest BCUT2D eigenvalue weighted by Gasteiger charge is 2.15. The summed E-state index contributed by atoms with van der Waals surface area (Å²) in [7, 11) is 4.00. The molecule has 0 amide bonds. The van der Waals surface area contributed by atoms with Crippen LogP contribution in [0.2, 0.25) is 0 Å². The summed E-state index contributed by atoms with van der Waals surface area (Å²) < 4.78 is 16.1. The molecule has 0 saturated carbocycles. The number of rotatable bonds is 5. The summed E-state index contributed by atoms with van der Waals surface area (Å²) in [5.41, 5.74) is 2.99. The summed E-state index contributed by atoms with van der Waals surface area (Å²) in [6.07, 6.45) is 2.81. The zero-order chi connectivity index (χ0) is 20.4. The van der Waals surface area contributed by atoms with E-state index in [-0.39, 0.29) is 18.1 Å². The van der Waals surface area contributed by atoms with Gasteiger partial charge in [-0.15, -0.1) is 12.4 Å². The maximum absolute atomic E-state index is 14.3. The lowest BCUT2D eigenvalue weighted by Gasteiger charge is -2.32. The molecule has 9 heteroatoms. The van der Waals surface area contributed by atoms with E-state index in [9.17, 15) is 4.39 Å². The second-order valence-corrected chi connectivity index (χ2v) is 7.54. The second-order valence-electron chi connectivity index (χ2n) is 7.54. The molecule has 160 valence electrons. The first kappa shape index (κ1) is 22.1. The maximum atomic E-state index is 14.3. The highest BCUT2D eigenvalue weighted by Crippen LogP contribution is 2.23. The van der Waals surface area contributed by atoms with Crippen LogP contribution in [0.3, 0.4) is 0 Å². The molecular weight excluding hydrogens is 405 g/mol. The number of piperazine rings is 1. The van der Waals surface area contributed by atoms with Crippen LogP contribution < -0.4 is 5.32 Å². The Hall–Kier alpha value is -2.55. The van der Waals surface area contributed by atoms with Crippen LogP contribution in [-0.2, 0) is 13.6 Å². The Labute approximate surface area is 182 Å². The molecule has 0 atom stereocenters. The van der Waals surface area contributed by atoms with Crippen molar-refractivity contribution < 1.29 is 4.39 Å². The van der Waals surface area contributed by atoms with Crippen LogP contribution in [0.25, 0.3) is 11.4 Å². The van der Waals surface area contributed by atoms with E-state index >= 15 is 0 Å². The Morgan fingerprint density at radius 1 is 1.00 bits per heavy atom. The first-order valence-corrected chi connectivity index (χ1v) is 9.77. The molecule has 30 heavy (non-hydrogen) atoms. The van der Waals surface area contributed by atoms with Gasteiger partial charge in [-0.2, -0.15) is 0 Å². The molecule has 3 aromatic rings. The zero-order valence-corrected chi connectivity index (χ0v) is 18.3. The summed E-state index contributed by atoms with van der Waals surface area (Å²) in [5.74, 6) is 0.677. The smallest absolute Gasteiger partial charge is 0.227 e. The quantitative estimate of drug-likeness (QED) is 0.669. The van der Waals surface area contributed by atoms with Gasteiger partial charge in [0.25, 0.3) is 0 Å². The van der Waals surface area contributed by atoms with Gasteiger partial charge >= 0.3 is 0 Å². The number of aryl methyl sites for hydroxylation is 1. The number of nitrogens with one attached hydrogen (secondary N) is 1. The molecule has 0 aliphatic carbocycles. The van der Waals surface area contributed by atoms with E-state index in [2.05, 4.69) is 49.2 Å². The molecule has 2 aromatic heterocycles. The van der Waals surface area contributed by atoms with Crippen molar-refractivity contribution >= 4 is 24.0 Å². The van der Waals surface area contributed by atoms with Crippen molar-refractivity contribution in [3.05, 3.63) is 53.9 Å². The van der Waals surface area contributed by atoms with Gasteiger partial charge < -0.3 is 14.8 Å². The van der Waals surface area contributed by atoms with Crippen LogP contribution in [0.5, 0.6) is 0 Å². The Morgan fingerprint density at radius 2 is 1.70 bits per heavy atom. The van der Waals surface area contributed by atoms with E-state index < -0.39 is 5.82 Å². The minimum atomic E-state index is -0.471. The van der Waals surface area contributed by atoms with Crippen LogP contribution in [-0.4, -0.2) is 62.5 Å². The SMILES string of the molecule is Cc1ncc(-c2nc(Nc3ccc(CN4CCN(C)CC4)cc3)ncc2F)n1C.Cl. The molecule has 1 aliphatic rings. The van der Waals surface area contributed by atoms with E-state index in [0.29, 0.717) is 11.6 Å². The molecule has 1 saturated heterocycles. The van der Waals surface area contributed by atoms with Crippen molar-refractivity contribution in [3.8, 4) is 11.4 Å². The monoisotopic (exact) mass is 431 g/mol. The van der Waals surface area contributed by atoms with Crippen molar-refractivity contribution in [1.82, 2.24) is 29.3 Å². The van der Waals surface area contributed by atoms with Gasteiger partial charge in [0.2, 0.25) is 5.95 Å². The molecule has 0 bridgehead atoms. The minimum absolute atomic E-state index is 0. The third-order valence-corrected chi connectivity index (χ3v) is 5.42. The van der Waals surface area contributed by atoms with Gasteiger partial charge in [-0.25, -0.2) is 19.3 Å². The lowest BCUT2D eigenvalue weighted by molar-refractivity contribution is 0.148. The average molecular weight is 432 g/mol. The summed E-state index contributed by atoms with van der Waals surface area (Å²) in [6.45, 7) is 7.23. The molecule has 1 aliphatic heterocycles. The van der Waals surface area contributed by atoms with Crippen LogP contribution in [0.15, 0.2) is 36.7 Å². The fourth-order valence-corrected chi connectivity index (χ4v) is 3.42. The molecule has 7 nitrogen and oxygen atoms in total. The topological polar surface area (TPSA) is 62.1 Å². The number of imidazole rings is 1. The van der Waals surface area contributed by atoms with Gasteiger partial charge in [0.1, 0.15) is 11.5 Å². The molecule has 1 N–H and O–H groups in total. The van der Waals surface area contributed by atoms with E-state index in [0.717, 1.165) is 44.2 Å². The van der Waals surface area contributed by atoms with E-state index in [1.165, 1.54) is 11.8 Å². The fourth-order valence-electron chi connectivity index (χ4n) is 3.42. The average Bonchev–Trinajstić information content (AvgIpc) is 3.05. The Balaban J connectivity index is 0.00000256. The Morgan fingerprint density at radius 3 is 2.33 bits per heavy atom. The predicted molar refractivity (Wildman–Crippen MR) is 119 cm³/mol. The van der Waals surface area contributed by atoms with E-state index in [1.54, 1.807) is 6.20 Å². The zero-order valence-electron chi connectivity index (χ0n) is 17.5. The molecule has 0 spiro atoms. The fraction of sp³-hybridized carbons (Fsp3) is 0.381. The molecular formula is C21H27ClFN7. The van der Waals surface area contributed by atoms with Crippen molar-refractivity contribution in [2.24, 2.45) is 7.05 Å². The van der Waals surface area contributed by atoms with E-state index in [1.807, 2.05) is 30.7 Å². The number of halogens is 2. The van der Waals surface area contributed by atoms with Gasteiger partial charge in [0.15, 0.2) is 5.82 Å². The van der Waals surface area contributed by atoms with Crippen molar-refractivity contribution in [3.63, 3.8) is 0 Å². The molecule has 3 heterocycles. The number of likely N-dealkylation sites (N-methyl/N-ethyl adjacent to an activating group) is 1. The van der Waals surface area contributed by atoms with Crippen LogP contribution in [0.4, 0.5) is 16.0 Å². The third kappa shape index (κ3) is 4.95. The van der Waals surface area contributed by atoms with Gasteiger partial charge in [-0.05, 0) is 31.7 Å². The Kier molecular flexibility index (Phi) is 7.02. The first-order valence-electron chi connectivity index (χ1n) is 9.77. The molecule has 4 rings (SSSR count). The lowest BCUT2D eigenvalue weighted by atomic mass is 10.2. The minimum Gasteiger partial charge on any atom is -0.330 e. The largest absolute Gasteiger partial charge is 0.330 e. The highest BCUT2D eigenvalue weighted by atomic mass is 35.5. The second kappa shape index (κ2) is 9.51. The highest BCUT2D eigenvalue weighted by molar-refractivity contribution is 5.85. The maximum Gasteiger partial charge on any atom is 0.227 e. The molecule has 0 radical (unpaired) electrons. The number of aromatic nitrogens is 4. The van der Waals surface area contributed by atoms with Gasteiger partial charge in [-0.1, -0.05) is 12.1 Å². The van der Waals surface area contributed by atoms with Crippen LogP contribution in [0.1, 0.15) is 11.4 Å². The lowest BCUT2D eigenvalue weighted by Crippen LogP contribution is -2.43. The number of hydrogen-bond acceptors (Lipinski definition) is 6. The predicted octanol–water partition coefficient (Wildman–Crippen LogP) is 3.24.